The molecular weight excluding hydrogens is 429 g/mol. The van der Waals surface area contributed by atoms with E-state index < -0.39 is 17.5 Å². The Hall–Kier alpha value is -3.04. The maximum Gasteiger partial charge on any atom is 0.154 e. The van der Waals surface area contributed by atoms with Gasteiger partial charge < -0.3 is 4.90 Å². The van der Waals surface area contributed by atoms with Crippen molar-refractivity contribution in [3.8, 4) is 0 Å². The van der Waals surface area contributed by atoms with Gasteiger partial charge in [0.05, 0.1) is 35.8 Å². The number of hydrogen-bond acceptors (Lipinski definition) is 6. The summed E-state index contributed by atoms with van der Waals surface area (Å²) in [5.41, 5.74) is 1.38. The number of rotatable bonds is 6. The van der Waals surface area contributed by atoms with E-state index in [4.69, 9.17) is 0 Å². The van der Waals surface area contributed by atoms with Crippen LogP contribution in [-0.2, 0) is 0 Å². The molecule has 0 bridgehead atoms. The summed E-state index contributed by atoms with van der Waals surface area (Å²) in [6, 6.07) is 8.16. The van der Waals surface area contributed by atoms with Gasteiger partial charge in [-0.1, -0.05) is 6.07 Å². The van der Waals surface area contributed by atoms with Crippen LogP contribution < -0.4 is 15.5 Å². The number of hydrogen-bond donors (Lipinski definition) is 2. The van der Waals surface area contributed by atoms with Gasteiger partial charge in [0.2, 0.25) is 0 Å². The van der Waals surface area contributed by atoms with Crippen LogP contribution in [-0.4, -0.2) is 48.6 Å². The molecule has 0 fully saturated rings. The minimum atomic E-state index is -0.759. The molecule has 0 saturated heterocycles. The minimum absolute atomic E-state index is 0.0517. The average molecular weight is 457 g/mol. The Kier molecular flexibility index (Phi) is 6.62. The van der Waals surface area contributed by atoms with Crippen LogP contribution in [0.15, 0.2) is 51.6 Å². The lowest BCUT2D eigenvalue weighted by Gasteiger charge is -2.33. The first-order valence-electron chi connectivity index (χ1n) is 11.0. The molecular formula is C24H27F3N6. The summed E-state index contributed by atoms with van der Waals surface area (Å²) in [6.45, 7) is 8.58. The number of nitrogens with one attached hydrogen (secondary N) is 2. The zero-order chi connectivity index (χ0) is 23.7. The Bertz CT molecular complexity index is 1110. The third-order valence-corrected chi connectivity index (χ3v) is 5.34. The first-order chi connectivity index (χ1) is 15.7. The SMILES string of the molecule is CC(C)NC(NC(C)C)C1=NN=C2CN=C(c3c(F)cccc3F)c3cc(F)ccc3N2C1. The average Bonchev–Trinajstić information content (AvgIpc) is 2.89. The van der Waals surface area contributed by atoms with Crippen molar-refractivity contribution in [1.82, 2.24) is 10.6 Å². The lowest BCUT2D eigenvalue weighted by atomic mass is 9.98. The number of fused-ring (bicyclic) bond motifs is 3. The quantitative estimate of drug-likeness (QED) is 0.649. The number of amidine groups is 1. The van der Waals surface area contributed by atoms with E-state index in [0.717, 1.165) is 17.8 Å². The van der Waals surface area contributed by atoms with Crippen LogP contribution in [0.2, 0.25) is 0 Å². The predicted molar refractivity (Wildman–Crippen MR) is 126 cm³/mol. The van der Waals surface area contributed by atoms with Crippen molar-refractivity contribution < 1.29 is 13.2 Å². The molecule has 174 valence electrons. The van der Waals surface area contributed by atoms with Gasteiger partial charge in [-0.2, -0.15) is 5.10 Å². The monoisotopic (exact) mass is 456 g/mol. The fraction of sp³-hybridized carbons (Fsp3) is 0.375. The Morgan fingerprint density at radius 2 is 1.58 bits per heavy atom. The summed E-state index contributed by atoms with van der Waals surface area (Å²) < 4.78 is 43.6. The second-order valence-corrected chi connectivity index (χ2v) is 8.69. The summed E-state index contributed by atoms with van der Waals surface area (Å²) in [7, 11) is 0. The Balaban J connectivity index is 1.79. The molecule has 0 aliphatic carbocycles. The van der Waals surface area contributed by atoms with Crippen LogP contribution in [0.1, 0.15) is 38.8 Å². The van der Waals surface area contributed by atoms with Crippen molar-refractivity contribution in [2.75, 3.05) is 18.0 Å². The number of aliphatic imine (C=N–C) groups is 1. The molecule has 0 spiro atoms. The van der Waals surface area contributed by atoms with Crippen molar-refractivity contribution in [1.29, 1.82) is 0 Å². The Labute approximate surface area is 191 Å². The van der Waals surface area contributed by atoms with Gasteiger partial charge in [-0.3, -0.25) is 15.6 Å². The molecule has 2 aromatic rings. The number of benzene rings is 2. The second-order valence-electron chi connectivity index (χ2n) is 8.69. The topological polar surface area (TPSA) is 64.4 Å². The van der Waals surface area contributed by atoms with E-state index in [-0.39, 0.29) is 36.1 Å². The van der Waals surface area contributed by atoms with E-state index in [0.29, 0.717) is 23.6 Å². The maximum atomic E-state index is 14.6. The zero-order valence-corrected chi connectivity index (χ0v) is 19.0. The Morgan fingerprint density at radius 3 is 2.21 bits per heavy atom. The highest BCUT2D eigenvalue weighted by Crippen LogP contribution is 2.31. The molecule has 9 heteroatoms. The lowest BCUT2D eigenvalue weighted by molar-refractivity contribution is 0.434. The van der Waals surface area contributed by atoms with Gasteiger partial charge in [-0.25, -0.2) is 13.2 Å². The molecule has 2 N–H and O–H groups in total. The van der Waals surface area contributed by atoms with Gasteiger partial charge in [-0.15, -0.1) is 5.10 Å². The molecule has 2 aliphatic heterocycles. The first-order valence-corrected chi connectivity index (χ1v) is 11.0. The third kappa shape index (κ3) is 4.84. The van der Waals surface area contributed by atoms with Crippen molar-refractivity contribution in [3.63, 3.8) is 0 Å². The molecule has 2 aliphatic rings. The van der Waals surface area contributed by atoms with Crippen LogP contribution in [0, 0.1) is 17.5 Å². The summed E-state index contributed by atoms with van der Waals surface area (Å²) in [5, 5.41) is 15.7. The third-order valence-electron chi connectivity index (χ3n) is 5.34. The predicted octanol–water partition coefficient (Wildman–Crippen LogP) is 3.85. The summed E-state index contributed by atoms with van der Waals surface area (Å²) in [4.78, 5) is 6.32. The molecule has 0 aromatic heterocycles. The highest BCUT2D eigenvalue weighted by atomic mass is 19.1. The number of halogens is 3. The van der Waals surface area contributed by atoms with E-state index in [1.54, 1.807) is 6.07 Å². The fourth-order valence-electron chi connectivity index (χ4n) is 3.96. The number of anilines is 1. The van der Waals surface area contributed by atoms with Gasteiger partial charge >= 0.3 is 0 Å². The van der Waals surface area contributed by atoms with Gasteiger partial charge in [0, 0.05) is 17.6 Å². The normalized spacial score (nSPS) is 15.8. The molecule has 0 saturated carbocycles. The zero-order valence-electron chi connectivity index (χ0n) is 19.0. The summed E-state index contributed by atoms with van der Waals surface area (Å²) in [6.07, 6.45) is -0.230. The second kappa shape index (κ2) is 9.44. The largest absolute Gasteiger partial charge is 0.320 e. The molecule has 2 heterocycles. The van der Waals surface area contributed by atoms with Gasteiger partial charge in [0.1, 0.15) is 23.6 Å². The lowest BCUT2D eigenvalue weighted by Crippen LogP contribution is -2.57. The van der Waals surface area contributed by atoms with Crippen LogP contribution in [0.5, 0.6) is 0 Å². The molecule has 2 aromatic carbocycles. The van der Waals surface area contributed by atoms with E-state index in [2.05, 4.69) is 25.8 Å². The molecule has 6 nitrogen and oxygen atoms in total. The van der Waals surface area contributed by atoms with E-state index in [9.17, 15) is 13.2 Å². The summed E-state index contributed by atoms with van der Waals surface area (Å²) in [5.74, 6) is -1.52. The fourth-order valence-corrected chi connectivity index (χ4v) is 3.96. The minimum Gasteiger partial charge on any atom is -0.320 e. The molecule has 4 rings (SSSR count). The van der Waals surface area contributed by atoms with Crippen LogP contribution in [0.25, 0.3) is 0 Å². The van der Waals surface area contributed by atoms with Gasteiger partial charge in [0.25, 0.3) is 0 Å². The molecule has 0 unspecified atom stereocenters. The maximum absolute atomic E-state index is 14.6. The highest BCUT2D eigenvalue weighted by molar-refractivity contribution is 6.21. The standard InChI is InChI=1S/C24H27F3N6/c1-13(2)29-24(30-14(3)4)19-12-33-20-9-8-15(25)10-16(20)23(28-11-21(33)32-31-19)22-17(26)6-5-7-18(22)27/h5-10,13-14,24,29-30H,11-12H2,1-4H3. The van der Waals surface area contributed by atoms with Crippen LogP contribution in [0.3, 0.4) is 0 Å². The van der Waals surface area contributed by atoms with Crippen molar-refractivity contribution >= 4 is 22.9 Å². The number of nitrogens with zero attached hydrogens (tertiary/aromatic N) is 4. The van der Waals surface area contributed by atoms with E-state index in [1.165, 1.54) is 18.2 Å². The van der Waals surface area contributed by atoms with Crippen LogP contribution in [0.4, 0.5) is 18.9 Å². The van der Waals surface area contributed by atoms with E-state index >= 15 is 0 Å². The molecule has 0 atom stereocenters. The smallest absolute Gasteiger partial charge is 0.154 e. The van der Waals surface area contributed by atoms with Crippen molar-refractivity contribution in [2.45, 2.75) is 45.9 Å². The molecule has 33 heavy (non-hydrogen) atoms. The van der Waals surface area contributed by atoms with Crippen LogP contribution >= 0.6 is 0 Å². The van der Waals surface area contributed by atoms with Gasteiger partial charge in [-0.05, 0) is 58.0 Å². The molecule has 0 amide bonds. The van der Waals surface area contributed by atoms with E-state index in [1.807, 2.05) is 32.6 Å². The Morgan fingerprint density at radius 1 is 0.909 bits per heavy atom. The molecule has 0 radical (unpaired) electrons. The summed E-state index contributed by atoms with van der Waals surface area (Å²) >= 11 is 0. The highest BCUT2D eigenvalue weighted by Gasteiger charge is 2.32. The van der Waals surface area contributed by atoms with Crippen molar-refractivity contribution in [3.05, 3.63) is 65.0 Å². The van der Waals surface area contributed by atoms with Crippen molar-refractivity contribution in [2.24, 2.45) is 15.2 Å². The van der Waals surface area contributed by atoms with Gasteiger partial charge in [0.15, 0.2) is 5.84 Å². The first kappa shape index (κ1) is 23.1.